The first-order chi connectivity index (χ1) is 10.6. The standard InChI is InChI=1S/C18H16O3S/c1-2-11-3-6-16-13(9-11)14-10-12(4-7-17(14)22-16)15(19)5-8-18(20)21/h3-4,6-7,9-10H,2,5,8H2,1H3,(H,20,21). The molecule has 1 aromatic heterocycles. The molecule has 0 aliphatic carbocycles. The van der Waals surface area contributed by atoms with Gasteiger partial charge in [-0.05, 0) is 42.3 Å². The fourth-order valence-electron chi connectivity index (χ4n) is 2.58. The van der Waals surface area contributed by atoms with E-state index in [1.165, 1.54) is 15.6 Å². The molecule has 4 heteroatoms. The minimum Gasteiger partial charge on any atom is -0.481 e. The molecule has 0 spiro atoms. The molecule has 22 heavy (non-hydrogen) atoms. The summed E-state index contributed by atoms with van der Waals surface area (Å²) in [6.07, 6.45) is 0.898. The molecule has 112 valence electrons. The van der Waals surface area contributed by atoms with Crippen LogP contribution in [0.1, 0.15) is 35.7 Å². The topological polar surface area (TPSA) is 54.4 Å². The lowest BCUT2D eigenvalue weighted by Crippen LogP contribution is -2.03. The Morgan fingerprint density at radius 1 is 1.00 bits per heavy atom. The van der Waals surface area contributed by atoms with Crippen molar-refractivity contribution in [1.29, 1.82) is 0 Å². The number of hydrogen-bond acceptors (Lipinski definition) is 3. The predicted molar refractivity (Wildman–Crippen MR) is 89.9 cm³/mol. The fourth-order valence-corrected chi connectivity index (χ4v) is 3.65. The normalized spacial score (nSPS) is 11.1. The number of Topliss-reactive ketones (excluding diaryl/α,β-unsaturated/α-hetero) is 1. The number of aryl methyl sites for hydroxylation is 1. The van der Waals surface area contributed by atoms with Crippen LogP contribution in [-0.4, -0.2) is 16.9 Å². The van der Waals surface area contributed by atoms with Crippen molar-refractivity contribution >= 4 is 43.3 Å². The lowest BCUT2D eigenvalue weighted by molar-refractivity contribution is -0.136. The average Bonchev–Trinajstić information content (AvgIpc) is 2.89. The first-order valence-corrected chi connectivity index (χ1v) is 8.10. The van der Waals surface area contributed by atoms with Gasteiger partial charge in [0.2, 0.25) is 0 Å². The van der Waals surface area contributed by atoms with Crippen LogP contribution in [0, 0.1) is 0 Å². The van der Waals surface area contributed by atoms with Gasteiger partial charge in [0.25, 0.3) is 0 Å². The van der Waals surface area contributed by atoms with Crippen LogP contribution in [0.2, 0.25) is 0 Å². The molecule has 1 N–H and O–H groups in total. The maximum atomic E-state index is 12.1. The largest absolute Gasteiger partial charge is 0.481 e. The highest BCUT2D eigenvalue weighted by Gasteiger charge is 2.12. The Morgan fingerprint density at radius 2 is 1.68 bits per heavy atom. The van der Waals surface area contributed by atoms with Crippen LogP contribution in [-0.2, 0) is 11.2 Å². The Hall–Kier alpha value is -2.20. The van der Waals surface area contributed by atoms with Crippen LogP contribution in [0.4, 0.5) is 0 Å². The zero-order valence-corrected chi connectivity index (χ0v) is 13.1. The number of thiophene rings is 1. The zero-order chi connectivity index (χ0) is 15.7. The summed E-state index contributed by atoms with van der Waals surface area (Å²) in [5.74, 6) is -1.06. The van der Waals surface area contributed by atoms with E-state index in [1.807, 2.05) is 12.1 Å². The van der Waals surface area contributed by atoms with Crippen molar-refractivity contribution in [2.75, 3.05) is 0 Å². The van der Waals surface area contributed by atoms with E-state index in [0.717, 1.165) is 16.5 Å². The monoisotopic (exact) mass is 312 g/mol. The van der Waals surface area contributed by atoms with Gasteiger partial charge in [0.1, 0.15) is 0 Å². The molecule has 0 bridgehead atoms. The number of carboxylic acids is 1. The summed E-state index contributed by atoms with van der Waals surface area (Å²) in [6.45, 7) is 2.12. The molecule has 3 aromatic rings. The van der Waals surface area contributed by atoms with Crippen LogP contribution in [0.15, 0.2) is 36.4 Å². The van der Waals surface area contributed by atoms with Gasteiger partial charge in [0.05, 0.1) is 6.42 Å². The van der Waals surface area contributed by atoms with Crippen LogP contribution in [0.3, 0.4) is 0 Å². The van der Waals surface area contributed by atoms with Gasteiger partial charge in [-0.3, -0.25) is 9.59 Å². The summed E-state index contributed by atoms with van der Waals surface area (Å²) in [4.78, 5) is 22.7. The summed E-state index contributed by atoms with van der Waals surface area (Å²) in [7, 11) is 0. The molecule has 0 amide bonds. The molecular formula is C18H16O3S. The Bertz CT molecular complexity index is 877. The van der Waals surface area contributed by atoms with E-state index in [-0.39, 0.29) is 18.6 Å². The number of carbonyl (C=O) groups is 2. The van der Waals surface area contributed by atoms with Crippen molar-refractivity contribution in [3.05, 3.63) is 47.5 Å². The minimum atomic E-state index is -0.942. The van der Waals surface area contributed by atoms with E-state index in [4.69, 9.17) is 5.11 Å². The molecule has 0 atom stereocenters. The van der Waals surface area contributed by atoms with Crippen molar-refractivity contribution in [3.63, 3.8) is 0 Å². The third-order valence-electron chi connectivity index (χ3n) is 3.83. The fraction of sp³-hybridized carbons (Fsp3) is 0.222. The van der Waals surface area contributed by atoms with Crippen molar-refractivity contribution in [1.82, 2.24) is 0 Å². The van der Waals surface area contributed by atoms with Gasteiger partial charge in [-0.1, -0.05) is 13.0 Å². The molecule has 0 fully saturated rings. The van der Waals surface area contributed by atoms with Crippen LogP contribution in [0.5, 0.6) is 0 Å². The molecule has 0 aliphatic heterocycles. The molecule has 3 rings (SSSR count). The van der Waals surface area contributed by atoms with E-state index < -0.39 is 5.97 Å². The maximum absolute atomic E-state index is 12.1. The van der Waals surface area contributed by atoms with E-state index in [0.29, 0.717) is 5.56 Å². The first-order valence-electron chi connectivity index (χ1n) is 7.28. The van der Waals surface area contributed by atoms with E-state index in [9.17, 15) is 9.59 Å². The highest BCUT2D eigenvalue weighted by atomic mass is 32.1. The second-order valence-corrected chi connectivity index (χ2v) is 6.40. The van der Waals surface area contributed by atoms with E-state index in [1.54, 1.807) is 17.4 Å². The Morgan fingerprint density at radius 3 is 2.36 bits per heavy atom. The second kappa shape index (κ2) is 5.89. The number of ketones is 1. The summed E-state index contributed by atoms with van der Waals surface area (Å²) in [5, 5.41) is 10.9. The number of rotatable bonds is 5. The highest BCUT2D eigenvalue weighted by Crippen LogP contribution is 2.35. The predicted octanol–water partition coefficient (Wildman–Crippen LogP) is 4.66. The molecular weight excluding hydrogens is 296 g/mol. The first kappa shape index (κ1) is 14.7. The van der Waals surface area contributed by atoms with Gasteiger partial charge in [0, 0.05) is 32.2 Å². The number of aliphatic carboxylic acids is 1. The van der Waals surface area contributed by atoms with Crippen molar-refractivity contribution in [2.24, 2.45) is 0 Å². The summed E-state index contributed by atoms with van der Waals surface area (Å²) < 4.78 is 2.36. The molecule has 0 saturated carbocycles. The summed E-state index contributed by atoms with van der Waals surface area (Å²) in [5.41, 5.74) is 1.87. The van der Waals surface area contributed by atoms with Crippen molar-refractivity contribution in [2.45, 2.75) is 26.2 Å². The number of benzene rings is 2. The second-order valence-electron chi connectivity index (χ2n) is 5.31. The number of carboxylic acid groups (broad SMARTS) is 1. The van der Waals surface area contributed by atoms with Gasteiger partial charge in [-0.15, -0.1) is 11.3 Å². The summed E-state index contributed by atoms with van der Waals surface area (Å²) >= 11 is 1.71. The quantitative estimate of drug-likeness (QED) is 0.697. The molecule has 3 nitrogen and oxygen atoms in total. The van der Waals surface area contributed by atoms with Crippen LogP contribution < -0.4 is 0 Å². The molecule has 2 aromatic carbocycles. The number of hydrogen-bond donors (Lipinski definition) is 1. The zero-order valence-electron chi connectivity index (χ0n) is 12.3. The average molecular weight is 312 g/mol. The smallest absolute Gasteiger partial charge is 0.303 e. The third kappa shape index (κ3) is 2.74. The Labute approximate surface area is 132 Å². The molecule has 1 heterocycles. The Balaban J connectivity index is 2.05. The van der Waals surface area contributed by atoms with Gasteiger partial charge in [-0.2, -0.15) is 0 Å². The summed E-state index contributed by atoms with van der Waals surface area (Å²) in [6, 6.07) is 12.1. The number of carbonyl (C=O) groups excluding carboxylic acids is 1. The van der Waals surface area contributed by atoms with Crippen molar-refractivity contribution in [3.8, 4) is 0 Å². The molecule has 0 saturated heterocycles. The van der Waals surface area contributed by atoms with Gasteiger partial charge >= 0.3 is 5.97 Å². The van der Waals surface area contributed by atoms with E-state index >= 15 is 0 Å². The number of fused-ring (bicyclic) bond motifs is 3. The molecule has 0 unspecified atom stereocenters. The van der Waals surface area contributed by atoms with Crippen LogP contribution in [0.25, 0.3) is 20.2 Å². The van der Waals surface area contributed by atoms with Gasteiger partial charge < -0.3 is 5.11 Å². The van der Waals surface area contributed by atoms with Gasteiger partial charge in [0.15, 0.2) is 5.78 Å². The maximum Gasteiger partial charge on any atom is 0.303 e. The lowest BCUT2D eigenvalue weighted by Gasteiger charge is -2.01. The third-order valence-corrected chi connectivity index (χ3v) is 4.98. The van der Waals surface area contributed by atoms with Gasteiger partial charge in [-0.25, -0.2) is 0 Å². The van der Waals surface area contributed by atoms with Crippen molar-refractivity contribution < 1.29 is 14.7 Å². The minimum absolute atomic E-state index is 0.0448. The lowest BCUT2D eigenvalue weighted by atomic mass is 10.0. The molecule has 0 aliphatic rings. The van der Waals surface area contributed by atoms with Crippen LogP contribution >= 0.6 is 11.3 Å². The highest BCUT2D eigenvalue weighted by molar-refractivity contribution is 7.25. The molecule has 0 radical (unpaired) electrons. The SMILES string of the molecule is CCc1ccc2sc3ccc(C(=O)CCC(=O)O)cc3c2c1. The van der Waals surface area contributed by atoms with E-state index in [2.05, 4.69) is 25.1 Å². The Kier molecular flexibility index (Phi) is 3.94.